The molecule has 0 bridgehead atoms. The maximum absolute atomic E-state index is 13.3. The van der Waals surface area contributed by atoms with Crippen LogP contribution in [0.2, 0.25) is 0 Å². The number of nitrogens with zero attached hydrogens (tertiary/aromatic N) is 5. The van der Waals surface area contributed by atoms with Gasteiger partial charge in [-0.3, -0.25) is 28.9 Å². The highest BCUT2D eigenvalue weighted by Crippen LogP contribution is 2.38. The van der Waals surface area contributed by atoms with Crippen LogP contribution in [0.15, 0.2) is 53.8 Å². The molecule has 7 N–H and O–H groups in total. The lowest BCUT2D eigenvalue weighted by atomic mass is 9.86. The summed E-state index contributed by atoms with van der Waals surface area (Å²) in [6.45, 7) is 2.34. The number of benzene rings is 1. The number of hydrogen-bond donors (Lipinski definition) is 6. The highest BCUT2D eigenvalue weighted by molar-refractivity contribution is 6.15. The van der Waals surface area contributed by atoms with Gasteiger partial charge in [-0.1, -0.05) is 38.5 Å². The zero-order valence-corrected chi connectivity index (χ0v) is 38.8. The third-order valence-corrected chi connectivity index (χ3v) is 12.9. The summed E-state index contributed by atoms with van der Waals surface area (Å²) in [5.41, 5.74) is 8.97. The standard InChI is InChI=1S/C49H67N7O11/c1-33-24-35(26-37(47(33)67-48-46(65)45(64)40(59)29-66-48)53-41(60)14-11-13-39(58)38(27-50)56-43(62)16-17-44(56)63)28-55-22-18-34(19-23-55)25-36(52-32-51)12-7-5-3-4-6-8-15-42(61)54(2)30-49(31-57)20-9-10-21-49/h16-19,22-24,26,38,40,45-46,48,57,59,64-65H,3-15,20-21,25,27-31,50H2,1-2H3/p+1/t38?,40?,45-,46-,48?/m0/s1. The Morgan fingerprint density at radius 3 is 2.27 bits per heavy atom. The van der Waals surface area contributed by atoms with E-state index in [1.165, 1.54) is 0 Å². The molecular weight excluding hydrogens is 863 g/mol. The summed E-state index contributed by atoms with van der Waals surface area (Å²) in [5.74, 6) is -1.87. The monoisotopic (exact) mass is 930 g/mol. The molecule has 5 rings (SSSR count). The van der Waals surface area contributed by atoms with Crippen LogP contribution in [-0.2, 0) is 41.7 Å². The predicted molar refractivity (Wildman–Crippen MR) is 246 cm³/mol. The van der Waals surface area contributed by atoms with Gasteiger partial charge in [-0.2, -0.15) is 10.3 Å². The largest absolute Gasteiger partial charge is 0.460 e. The second-order valence-corrected chi connectivity index (χ2v) is 18.2. The Bertz CT molecular complexity index is 2120. The molecule has 364 valence electrons. The Morgan fingerprint density at radius 1 is 0.970 bits per heavy atom. The highest BCUT2D eigenvalue weighted by atomic mass is 16.7. The molecule has 3 aliphatic rings. The number of rotatable bonds is 26. The van der Waals surface area contributed by atoms with Crippen molar-refractivity contribution in [1.82, 2.24) is 9.80 Å². The van der Waals surface area contributed by atoms with Crippen LogP contribution >= 0.6 is 0 Å². The number of aromatic nitrogens is 1. The molecule has 4 amide bonds. The van der Waals surface area contributed by atoms with Crippen molar-refractivity contribution >= 4 is 40.8 Å². The number of nitriles is 1. The average molecular weight is 931 g/mol. The summed E-state index contributed by atoms with van der Waals surface area (Å²) in [6, 6.07) is 6.32. The van der Waals surface area contributed by atoms with Crippen molar-refractivity contribution in [3.8, 4) is 11.9 Å². The Labute approximate surface area is 392 Å². The van der Waals surface area contributed by atoms with Gasteiger partial charge in [0.2, 0.25) is 24.3 Å². The van der Waals surface area contributed by atoms with Crippen LogP contribution in [0.4, 0.5) is 5.69 Å². The van der Waals surface area contributed by atoms with Gasteiger partial charge in [0.1, 0.15) is 30.1 Å². The predicted octanol–water partition coefficient (Wildman–Crippen LogP) is 2.68. The molecule has 1 saturated carbocycles. The second-order valence-electron chi connectivity index (χ2n) is 18.2. The van der Waals surface area contributed by atoms with Crippen LogP contribution in [-0.4, -0.2) is 129 Å². The molecule has 18 heteroatoms. The van der Waals surface area contributed by atoms with E-state index in [1.54, 1.807) is 17.9 Å². The van der Waals surface area contributed by atoms with Gasteiger partial charge in [-0.25, -0.2) is 4.57 Å². The molecule has 2 aromatic rings. The number of imide groups is 1. The number of unbranched alkanes of at least 4 members (excludes halogenated alkanes) is 5. The van der Waals surface area contributed by atoms with Crippen molar-refractivity contribution in [3.63, 3.8) is 0 Å². The number of pyridine rings is 1. The van der Waals surface area contributed by atoms with Gasteiger partial charge in [0.05, 0.1) is 18.9 Å². The van der Waals surface area contributed by atoms with Crippen LogP contribution in [0, 0.1) is 23.8 Å². The van der Waals surface area contributed by atoms with Gasteiger partial charge in [-0.05, 0) is 68.7 Å². The zero-order valence-electron chi connectivity index (χ0n) is 38.8. The summed E-state index contributed by atoms with van der Waals surface area (Å²) < 4.78 is 13.5. The molecule has 67 heavy (non-hydrogen) atoms. The minimum absolute atomic E-state index is 0.0914. The van der Waals surface area contributed by atoms with Crippen LogP contribution in [0.1, 0.15) is 113 Å². The maximum atomic E-state index is 13.3. The van der Waals surface area contributed by atoms with Crippen LogP contribution < -0.4 is 20.4 Å². The Balaban J connectivity index is 1.12. The highest BCUT2D eigenvalue weighted by Gasteiger charge is 2.40. The molecule has 3 unspecified atom stereocenters. The third-order valence-electron chi connectivity index (χ3n) is 12.9. The van der Waals surface area contributed by atoms with Crippen molar-refractivity contribution in [2.24, 2.45) is 16.1 Å². The molecule has 0 radical (unpaired) electrons. The van der Waals surface area contributed by atoms with E-state index in [-0.39, 0.29) is 61.8 Å². The third kappa shape index (κ3) is 15.0. The van der Waals surface area contributed by atoms with E-state index < -0.39 is 54.1 Å². The fraction of sp³-hybridized carbons (Fsp3) is 0.592. The molecule has 1 aliphatic carbocycles. The number of ether oxygens (including phenoxy) is 2. The van der Waals surface area contributed by atoms with Gasteiger partial charge in [0, 0.05) is 86.8 Å². The fourth-order valence-corrected chi connectivity index (χ4v) is 9.09. The molecule has 2 fully saturated rings. The lowest BCUT2D eigenvalue weighted by Crippen LogP contribution is -2.54. The van der Waals surface area contributed by atoms with E-state index >= 15 is 0 Å². The number of nitrogens with two attached hydrogens (primary N) is 1. The van der Waals surface area contributed by atoms with Gasteiger partial charge < -0.3 is 45.9 Å². The molecule has 18 nitrogen and oxygen atoms in total. The van der Waals surface area contributed by atoms with Crippen LogP contribution in [0.25, 0.3) is 0 Å². The SMILES string of the molecule is Cc1cc(C[n+]2ccc(CC(CCCCCCCCC(=O)N(C)CC3(CO)CCCC3)=NC#N)cc2)cc(NC(=O)CCCC(=O)C(CN)N2C(=O)C=CC2=O)c1OC1OCC(O)[C@H](O)[C@@H]1O. The van der Waals surface area contributed by atoms with Crippen LogP contribution in [0.3, 0.4) is 0 Å². The fourth-order valence-electron chi connectivity index (χ4n) is 9.09. The topological polar surface area (TPSA) is 269 Å². The Kier molecular flexibility index (Phi) is 20.1. The summed E-state index contributed by atoms with van der Waals surface area (Å²) in [7, 11) is 1.85. The first-order valence-electron chi connectivity index (χ1n) is 23.5. The number of ketones is 1. The first-order chi connectivity index (χ1) is 32.2. The Morgan fingerprint density at radius 2 is 1.63 bits per heavy atom. The number of aryl methyl sites for hydroxylation is 1. The zero-order chi connectivity index (χ0) is 48.5. The van der Waals surface area contributed by atoms with Crippen molar-refractivity contribution in [2.75, 3.05) is 38.7 Å². The lowest BCUT2D eigenvalue weighted by molar-refractivity contribution is -0.688. The first-order valence-corrected chi connectivity index (χ1v) is 23.5. The number of aliphatic hydroxyl groups is 4. The van der Waals surface area contributed by atoms with Crippen molar-refractivity contribution in [2.45, 2.75) is 147 Å². The van der Waals surface area contributed by atoms with Crippen LogP contribution in [0.5, 0.6) is 5.75 Å². The number of Topliss-reactive ketones (excluding diaryl/α,β-unsaturated/α-hetero) is 1. The van der Waals surface area contributed by atoms with E-state index in [0.717, 1.165) is 98.1 Å². The Hall–Kier alpha value is -5.42. The smallest absolute Gasteiger partial charge is 0.254 e. The van der Waals surface area contributed by atoms with E-state index in [0.29, 0.717) is 37.9 Å². The van der Waals surface area contributed by atoms with Gasteiger partial charge >= 0.3 is 0 Å². The quantitative estimate of drug-likeness (QED) is 0.0261. The van der Waals surface area contributed by atoms with Crippen molar-refractivity contribution in [1.29, 1.82) is 5.26 Å². The minimum Gasteiger partial charge on any atom is -0.460 e. The normalized spacial score (nSPS) is 20.7. The van der Waals surface area contributed by atoms with E-state index in [1.807, 2.05) is 48.4 Å². The van der Waals surface area contributed by atoms with Gasteiger partial charge in [-0.15, -0.1) is 0 Å². The average Bonchev–Trinajstić information content (AvgIpc) is 3.91. The molecule has 1 aromatic carbocycles. The molecule has 1 saturated heterocycles. The number of anilines is 1. The molecule has 2 aliphatic heterocycles. The molecule has 3 heterocycles. The number of nitrogens with one attached hydrogen (secondary N) is 1. The van der Waals surface area contributed by atoms with Crippen molar-refractivity contribution < 1.29 is 58.4 Å². The summed E-state index contributed by atoms with van der Waals surface area (Å²) in [6.07, 6.45) is 13.7. The number of carbonyl (C=O) groups excluding carboxylic acids is 5. The lowest BCUT2D eigenvalue weighted by Gasteiger charge is -2.35. The summed E-state index contributed by atoms with van der Waals surface area (Å²) >= 11 is 0. The van der Waals surface area contributed by atoms with Crippen molar-refractivity contribution in [3.05, 3.63) is 65.5 Å². The maximum Gasteiger partial charge on any atom is 0.254 e. The minimum atomic E-state index is -1.59. The summed E-state index contributed by atoms with van der Waals surface area (Å²) in [4.78, 5) is 70.0. The van der Waals surface area contributed by atoms with Gasteiger partial charge in [0.25, 0.3) is 11.8 Å². The van der Waals surface area contributed by atoms with E-state index in [4.69, 9.17) is 15.2 Å². The second kappa shape index (κ2) is 25.6. The number of amides is 4. The molecule has 1 aromatic heterocycles. The molecule has 0 spiro atoms. The van der Waals surface area contributed by atoms with Gasteiger partial charge in [0.15, 0.2) is 24.7 Å². The number of hydrogen-bond acceptors (Lipinski definition) is 14. The van der Waals surface area contributed by atoms with E-state index in [9.17, 15) is 49.7 Å². The van der Waals surface area contributed by atoms with E-state index in [2.05, 4.69) is 10.3 Å². The number of carbonyl (C=O) groups is 5. The summed E-state index contributed by atoms with van der Waals surface area (Å²) in [5, 5.41) is 53.0. The number of aliphatic hydroxyl groups excluding tert-OH is 4. The molecule has 5 atom stereocenters. The molecular formula is C49H68N7O11+. The number of aliphatic imine (C=N–C) groups is 1. The first kappa shape index (κ1) is 52.5.